The Morgan fingerprint density at radius 3 is 2.50 bits per heavy atom. The molecule has 172 valence electrons. The molecular formula is C27H28N6O. The van der Waals surface area contributed by atoms with E-state index in [0.717, 1.165) is 59.5 Å². The molecule has 2 heterocycles. The molecule has 7 heteroatoms. The van der Waals surface area contributed by atoms with Crippen LogP contribution in [0.15, 0.2) is 66.9 Å². The summed E-state index contributed by atoms with van der Waals surface area (Å²) in [6, 6.07) is 19.8. The Bertz CT molecular complexity index is 1340. The Labute approximate surface area is 199 Å². The van der Waals surface area contributed by atoms with E-state index in [0.29, 0.717) is 5.56 Å². The average Bonchev–Trinajstić information content (AvgIpc) is 2.85. The molecule has 3 aromatic carbocycles. The molecule has 0 radical (unpaired) electrons. The van der Waals surface area contributed by atoms with Crippen molar-refractivity contribution < 1.29 is 4.79 Å². The van der Waals surface area contributed by atoms with Crippen LogP contribution >= 0.6 is 0 Å². The number of amides is 1. The van der Waals surface area contributed by atoms with E-state index in [9.17, 15) is 4.79 Å². The summed E-state index contributed by atoms with van der Waals surface area (Å²) in [4.78, 5) is 26.1. The van der Waals surface area contributed by atoms with Gasteiger partial charge in [0.15, 0.2) is 0 Å². The number of nitrogens with one attached hydrogen (secondary N) is 1. The number of benzene rings is 3. The first-order valence-corrected chi connectivity index (χ1v) is 11.4. The van der Waals surface area contributed by atoms with Gasteiger partial charge < -0.3 is 20.9 Å². The summed E-state index contributed by atoms with van der Waals surface area (Å²) in [7, 11) is 2.15. The van der Waals surface area contributed by atoms with Crippen LogP contribution in [0.1, 0.15) is 15.9 Å². The van der Waals surface area contributed by atoms with Gasteiger partial charge in [-0.15, -0.1) is 0 Å². The predicted molar refractivity (Wildman–Crippen MR) is 138 cm³/mol. The number of carbonyl (C=O) groups excluding carboxylic acids is 1. The molecule has 1 saturated heterocycles. The summed E-state index contributed by atoms with van der Waals surface area (Å²) in [6.45, 7) is 6.20. The quantitative estimate of drug-likeness (QED) is 0.483. The van der Waals surface area contributed by atoms with Crippen molar-refractivity contribution >= 4 is 34.1 Å². The average molecular weight is 453 g/mol. The van der Waals surface area contributed by atoms with Crippen LogP contribution < -0.4 is 16.0 Å². The van der Waals surface area contributed by atoms with Gasteiger partial charge in [0.05, 0.1) is 5.52 Å². The maximum atomic E-state index is 13.0. The maximum Gasteiger partial charge on any atom is 0.255 e. The number of rotatable bonds is 4. The summed E-state index contributed by atoms with van der Waals surface area (Å²) in [6.07, 6.45) is 1.72. The normalized spacial score (nSPS) is 14.4. The van der Waals surface area contributed by atoms with E-state index in [1.165, 1.54) is 5.69 Å². The van der Waals surface area contributed by atoms with Crippen LogP contribution in [0.25, 0.3) is 22.0 Å². The van der Waals surface area contributed by atoms with Crippen molar-refractivity contribution in [3.8, 4) is 11.1 Å². The minimum atomic E-state index is -0.134. The number of piperazine rings is 1. The van der Waals surface area contributed by atoms with Gasteiger partial charge in [-0.1, -0.05) is 12.1 Å². The number of nitrogens with two attached hydrogens (primary N) is 1. The standard InChI is InChI=1S/C27H28N6O/c1-18-3-4-20(16-24(18)19-5-10-25-21(15-19)17-29-27(28)31-25)26(34)30-22-6-8-23(9-7-22)33-13-11-32(2)12-14-33/h3-10,15-17H,11-14H2,1-2H3,(H,30,34)(H2,28,29,31). The summed E-state index contributed by atoms with van der Waals surface area (Å²) in [5, 5.41) is 3.93. The van der Waals surface area contributed by atoms with E-state index in [4.69, 9.17) is 5.73 Å². The second kappa shape index (κ2) is 9.11. The number of hydrogen-bond donors (Lipinski definition) is 2. The van der Waals surface area contributed by atoms with Gasteiger partial charge >= 0.3 is 0 Å². The Morgan fingerprint density at radius 2 is 1.74 bits per heavy atom. The monoisotopic (exact) mass is 452 g/mol. The summed E-state index contributed by atoms with van der Waals surface area (Å²) in [5.41, 5.74) is 12.2. The minimum absolute atomic E-state index is 0.134. The van der Waals surface area contributed by atoms with E-state index in [-0.39, 0.29) is 11.9 Å². The molecule has 0 saturated carbocycles. The molecule has 1 amide bonds. The summed E-state index contributed by atoms with van der Waals surface area (Å²) >= 11 is 0. The number of fused-ring (bicyclic) bond motifs is 1. The zero-order chi connectivity index (χ0) is 23.7. The van der Waals surface area contributed by atoms with E-state index in [1.807, 2.05) is 55.5 Å². The van der Waals surface area contributed by atoms with Crippen molar-refractivity contribution in [1.82, 2.24) is 14.9 Å². The molecule has 0 bridgehead atoms. The third-order valence-electron chi connectivity index (χ3n) is 6.40. The lowest BCUT2D eigenvalue weighted by molar-refractivity contribution is 0.102. The fourth-order valence-corrected chi connectivity index (χ4v) is 4.31. The lowest BCUT2D eigenvalue weighted by atomic mass is 9.97. The zero-order valence-corrected chi connectivity index (χ0v) is 19.5. The Hall–Kier alpha value is -3.97. The first-order chi connectivity index (χ1) is 16.5. The highest BCUT2D eigenvalue weighted by molar-refractivity contribution is 6.05. The maximum absolute atomic E-state index is 13.0. The summed E-state index contributed by atoms with van der Waals surface area (Å²) in [5.74, 6) is 0.122. The third-order valence-corrected chi connectivity index (χ3v) is 6.40. The SMILES string of the molecule is Cc1ccc(C(=O)Nc2ccc(N3CCN(C)CC3)cc2)cc1-c1ccc2nc(N)ncc2c1. The van der Waals surface area contributed by atoms with Crippen LogP contribution in [0.3, 0.4) is 0 Å². The molecule has 4 aromatic rings. The molecule has 0 atom stereocenters. The first-order valence-electron chi connectivity index (χ1n) is 11.4. The van der Waals surface area contributed by atoms with Crippen LogP contribution in [-0.2, 0) is 0 Å². The van der Waals surface area contributed by atoms with E-state index >= 15 is 0 Å². The van der Waals surface area contributed by atoms with Crippen LogP contribution in [0.4, 0.5) is 17.3 Å². The lowest BCUT2D eigenvalue weighted by Crippen LogP contribution is -2.44. The highest BCUT2D eigenvalue weighted by Crippen LogP contribution is 2.28. The Kier molecular flexibility index (Phi) is 5.86. The van der Waals surface area contributed by atoms with Crippen LogP contribution in [0.2, 0.25) is 0 Å². The second-order valence-corrected chi connectivity index (χ2v) is 8.82. The molecule has 7 nitrogen and oxygen atoms in total. The number of likely N-dealkylation sites (N-methyl/N-ethyl adjacent to an activating group) is 1. The number of carbonyl (C=O) groups is 1. The van der Waals surface area contributed by atoms with Crippen LogP contribution in [-0.4, -0.2) is 54.0 Å². The predicted octanol–water partition coefficient (Wildman–Crippen LogP) is 4.19. The molecule has 0 spiro atoms. The number of nitrogen functional groups attached to an aromatic ring is 1. The number of aromatic nitrogens is 2. The number of nitrogens with zero attached hydrogens (tertiary/aromatic N) is 4. The lowest BCUT2D eigenvalue weighted by Gasteiger charge is -2.34. The molecule has 1 aliphatic heterocycles. The molecule has 1 fully saturated rings. The number of hydrogen-bond acceptors (Lipinski definition) is 6. The molecular weight excluding hydrogens is 424 g/mol. The molecule has 5 rings (SSSR count). The van der Waals surface area contributed by atoms with Crippen molar-refractivity contribution in [2.45, 2.75) is 6.92 Å². The second-order valence-electron chi connectivity index (χ2n) is 8.82. The minimum Gasteiger partial charge on any atom is -0.369 e. The third kappa shape index (κ3) is 4.56. The van der Waals surface area contributed by atoms with Crippen LogP contribution in [0, 0.1) is 6.92 Å². The van der Waals surface area contributed by atoms with Crippen molar-refractivity contribution in [3.63, 3.8) is 0 Å². The van der Waals surface area contributed by atoms with E-state index in [2.05, 4.69) is 44.3 Å². The van der Waals surface area contributed by atoms with Crippen molar-refractivity contribution in [2.24, 2.45) is 0 Å². The Balaban J connectivity index is 1.34. The van der Waals surface area contributed by atoms with E-state index in [1.54, 1.807) is 6.20 Å². The highest BCUT2D eigenvalue weighted by Gasteiger charge is 2.15. The van der Waals surface area contributed by atoms with Gasteiger partial charge in [0.2, 0.25) is 5.95 Å². The van der Waals surface area contributed by atoms with E-state index < -0.39 is 0 Å². The fourth-order valence-electron chi connectivity index (χ4n) is 4.31. The smallest absolute Gasteiger partial charge is 0.255 e. The zero-order valence-electron chi connectivity index (χ0n) is 19.5. The van der Waals surface area contributed by atoms with Gasteiger partial charge in [-0.25, -0.2) is 9.97 Å². The van der Waals surface area contributed by atoms with Crippen molar-refractivity contribution in [1.29, 1.82) is 0 Å². The van der Waals surface area contributed by atoms with Gasteiger partial charge in [-0.2, -0.15) is 0 Å². The highest BCUT2D eigenvalue weighted by atomic mass is 16.1. The molecule has 34 heavy (non-hydrogen) atoms. The topological polar surface area (TPSA) is 87.4 Å². The first kappa shape index (κ1) is 21.9. The molecule has 3 N–H and O–H groups in total. The van der Waals surface area contributed by atoms with Crippen LogP contribution in [0.5, 0.6) is 0 Å². The van der Waals surface area contributed by atoms with Crippen molar-refractivity contribution in [2.75, 3.05) is 49.2 Å². The molecule has 1 aliphatic rings. The van der Waals surface area contributed by atoms with Gasteiger partial charge in [-0.05, 0) is 79.2 Å². The van der Waals surface area contributed by atoms with Gasteiger partial charge in [0.1, 0.15) is 0 Å². The molecule has 1 aromatic heterocycles. The van der Waals surface area contributed by atoms with Gasteiger partial charge in [0, 0.05) is 54.7 Å². The molecule has 0 aliphatic carbocycles. The Morgan fingerprint density at radius 1 is 0.971 bits per heavy atom. The molecule has 0 unspecified atom stereocenters. The largest absolute Gasteiger partial charge is 0.369 e. The number of aryl methyl sites for hydroxylation is 1. The van der Waals surface area contributed by atoms with Crippen molar-refractivity contribution in [3.05, 3.63) is 78.0 Å². The summed E-state index contributed by atoms with van der Waals surface area (Å²) < 4.78 is 0. The van der Waals surface area contributed by atoms with Gasteiger partial charge in [0.25, 0.3) is 5.91 Å². The fraction of sp³-hybridized carbons (Fsp3) is 0.222. The number of anilines is 3. The van der Waals surface area contributed by atoms with Gasteiger partial charge in [-0.3, -0.25) is 4.79 Å².